The Hall–Kier alpha value is -1.69. The smallest absolute Gasteiger partial charge is 0.328 e. The number of thiazole rings is 1. The first-order valence-electron chi connectivity index (χ1n) is 5.30. The van der Waals surface area contributed by atoms with Crippen LogP contribution >= 0.6 is 11.3 Å². The molecule has 0 aliphatic heterocycles. The van der Waals surface area contributed by atoms with Crippen molar-refractivity contribution >= 4 is 34.4 Å². The van der Waals surface area contributed by atoms with E-state index >= 15 is 0 Å². The minimum Gasteiger partial charge on any atom is -0.478 e. The summed E-state index contributed by atoms with van der Waals surface area (Å²) in [5.41, 5.74) is 0. The average Bonchev–Trinajstić information content (AvgIpc) is 2.94. The molecule has 0 spiro atoms. The largest absolute Gasteiger partial charge is 0.478 e. The second-order valence-corrected chi connectivity index (χ2v) is 5.00. The summed E-state index contributed by atoms with van der Waals surface area (Å²) in [6.45, 7) is 0. The molecule has 1 saturated carbocycles. The van der Waals surface area contributed by atoms with Crippen LogP contribution in [0.5, 0.6) is 0 Å². The lowest BCUT2D eigenvalue weighted by Gasteiger charge is -1.98. The minimum absolute atomic E-state index is 0.0179. The van der Waals surface area contributed by atoms with Crippen LogP contribution in [-0.4, -0.2) is 22.0 Å². The molecule has 0 bridgehead atoms. The summed E-state index contributed by atoms with van der Waals surface area (Å²) in [6, 6.07) is 0. The summed E-state index contributed by atoms with van der Waals surface area (Å²) >= 11 is 1.26. The zero-order valence-electron chi connectivity index (χ0n) is 9.05. The number of anilines is 1. The molecule has 1 aliphatic rings. The lowest BCUT2D eigenvalue weighted by Crippen LogP contribution is -2.11. The van der Waals surface area contributed by atoms with Crippen molar-refractivity contribution in [2.45, 2.75) is 19.3 Å². The molecule has 0 radical (unpaired) electrons. The lowest BCUT2D eigenvalue weighted by atomic mass is 10.3. The summed E-state index contributed by atoms with van der Waals surface area (Å²) in [4.78, 5) is 26.5. The van der Waals surface area contributed by atoms with Crippen molar-refractivity contribution in [1.29, 1.82) is 0 Å². The fourth-order valence-corrected chi connectivity index (χ4v) is 2.06. The minimum atomic E-state index is -1.00. The van der Waals surface area contributed by atoms with Crippen LogP contribution in [0, 0.1) is 5.92 Å². The van der Waals surface area contributed by atoms with Crippen LogP contribution < -0.4 is 5.32 Å². The number of carboxylic acid groups (broad SMARTS) is 1. The van der Waals surface area contributed by atoms with Gasteiger partial charge in [-0.3, -0.25) is 4.79 Å². The molecule has 5 nitrogen and oxygen atoms in total. The monoisotopic (exact) mass is 252 g/mol. The van der Waals surface area contributed by atoms with Gasteiger partial charge in [-0.1, -0.05) is 11.3 Å². The molecule has 1 heterocycles. The van der Waals surface area contributed by atoms with Gasteiger partial charge in [0, 0.05) is 23.6 Å². The van der Waals surface area contributed by atoms with Gasteiger partial charge >= 0.3 is 5.97 Å². The molecule has 1 aromatic rings. The fourth-order valence-electron chi connectivity index (χ4n) is 1.33. The summed E-state index contributed by atoms with van der Waals surface area (Å²) < 4.78 is 0. The molecule has 2 rings (SSSR count). The van der Waals surface area contributed by atoms with Gasteiger partial charge in [-0.15, -0.1) is 0 Å². The van der Waals surface area contributed by atoms with Crippen LogP contribution in [0.1, 0.15) is 24.1 Å². The second kappa shape index (κ2) is 5.09. The third-order valence-electron chi connectivity index (χ3n) is 2.33. The van der Waals surface area contributed by atoms with E-state index in [1.807, 2.05) is 0 Å². The molecular weight excluding hydrogens is 240 g/mol. The highest BCUT2D eigenvalue weighted by molar-refractivity contribution is 7.16. The molecule has 1 aliphatic carbocycles. The molecule has 1 fully saturated rings. The SMILES string of the molecule is O=C(O)C=Cc1cnc(NC(=O)CC2CC2)s1. The molecule has 0 saturated heterocycles. The van der Waals surface area contributed by atoms with Crippen molar-refractivity contribution in [2.75, 3.05) is 5.32 Å². The second-order valence-electron chi connectivity index (χ2n) is 3.94. The maximum atomic E-state index is 11.5. The van der Waals surface area contributed by atoms with Gasteiger partial charge in [-0.2, -0.15) is 0 Å². The van der Waals surface area contributed by atoms with Gasteiger partial charge in [0.2, 0.25) is 5.91 Å². The number of hydrogen-bond donors (Lipinski definition) is 2. The number of nitrogens with one attached hydrogen (secondary N) is 1. The molecule has 1 amide bonds. The van der Waals surface area contributed by atoms with Gasteiger partial charge in [0.1, 0.15) is 0 Å². The Kier molecular flexibility index (Phi) is 3.53. The average molecular weight is 252 g/mol. The van der Waals surface area contributed by atoms with E-state index in [0.717, 1.165) is 18.9 Å². The van der Waals surface area contributed by atoms with E-state index in [4.69, 9.17) is 5.11 Å². The highest BCUT2D eigenvalue weighted by atomic mass is 32.1. The zero-order valence-corrected chi connectivity index (χ0v) is 9.87. The van der Waals surface area contributed by atoms with Crippen LogP contribution in [0.3, 0.4) is 0 Å². The first-order chi connectivity index (χ1) is 8.13. The summed E-state index contributed by atoms with van der Waals surface area (Å²) in [6.07, 6.45) is 6.87. The molecule has 2 N–H and O–H groups in total. The van der Waals surface area contributed by atoms with Gasteiger partial charge in [-0.25, -0.2) is 9.78 Å². The fraction of sp³-hybridized carbons (Fsp3) is 0.364. The quantitative estimate of drug-likeness (QED) is 0.785. The number of carbonyl (C=O) groups excluding carboxylic acids is 1. The Balaban J connectivity index is 1.88. The molecule has 0 atom stereocenters. The van der Waals surface area contributed by atoms with Gasteiger partial charge in [0.25, 0.3) is 0 Å². The van der Waals surface area contributed by atoms with Crippen molar-refractivity contribution in [2.24, 2.45) is 5.92 Å². The molecule has 6 heteroatoms. The predicted molar refractivity (Wildman–Crippen MR) is 64.8 cm³/mol. The molecule has 0 unspecified atom stereocenters. The van der Waals surface area contributed by atoms with Crippen LogP contribution in [0.4, 0.5) is 5.13 Å². The Morgan fingerprint density at radius 2 is 2.35 bits per heavy atom. The summed E-state index contributed by atoms with van der Waals surface area (Å²) in [7, 11) is 0. The normalized spacial score (nSPS) is 15.1. The van der Waals surface area contributed by atoms with Crippen LogP contribution in [0.2, 0.25) is 0 Å². The maximum absolute atomic E-state index is 11.5. The van der Waals surface area contributed by atoms with Crippen LogP contribution in [0.25, 0.3) is 6.08 Å². The van der Waals surface area contributed by atoms with E-state index < -0.39 is 5.97 Å². The Morgan fingerprint density at radius 3 is 3.00 bits per heavy atom. The van der Waals surface area contributed by atoms with Crippen LogP contribution in [0.15, 0.2) is 12.3 Å². The van der Waals surface area contributed by atoms with Crippen molar-refractivity contribution in [3.63, 3.8) is 0 Å². The standard InChI is InChI=1S/C11H12N2O3S/c14-9(5-7-1-2-7)13-11-12-6-8(17-11)3-4-10(15)16/h3-4,6-7H,1-2,5H2,(H,15,16)(H,12,13,14). The van der Waals surface area contributed by atoms with Crippen molar-refractivity contribution in [1.82, 2.24) is 4.98 Å². The number of carbonyl (C=O) groups is 2. The predicted octanol–water partition coefficient (Wildman–Crippen LogP) is 1.98. The first kappa shape index (κ1) is 11.8. The number of nitrogens with zero attached hydrogens (tertiary/aromatic N) is 1. The number of amides is 1. The van der Waals surface area contributed by atoms with Crippen LogP contribution in [-0.2, 0) is 9.59 Å². The number of carboxylic acids is 1. The van der Waals surface area contributed by atoms with Gasteiger partial charge in [-0.05, 0) is 24.8 Å². The zero-order chi connectivity index (χ0) is 12.3. The van der Waals surface area contributed by atoms with Crippen molar-refractivity contribution in [3.05, 3.63) is 17.2 Å². The molecule has 1 aromatic heterocycles. The van der Waals surface area contributed by atoms with E-state index in [-0.39, 0.29) is 5.91 Å². The number of rotatable bonds is 5. The molecule has 90 valence electrons. The van der Waals surface area contributed by atoms with E-state index in [9.17, 15) is 9.59 Å². The Morgan fingerprint density at radius 1 is 1.59 bits per heavy atom. The lowest BCUT2D eigenvalue weighted by molar-refractivity contribution is -0.131. The highest BCUT2D eigenvalue weighted by Gasteiger charge is 2.24. The molecule has 0 aromatic carbocycles. The summed E-state index contributed by atoms with van der Waals surface area (Å²) in [5, 5.41) is 11.7. The number of aromatic nitrogens is 1. The number of hydrogen-bond acceptors (Lipinski definition) is 4. The van der Waals surface area contributed by atoms with E-state index in [1.54, 1.807) is 0 Å². The molecule has 17 heavy (non-hydrogen) atoms. The van der Waals surface area contributed by atoms with E-state index in [0.29, 0.717) is 22.3 Å². The molecular formula is C11H12N2O3S. The van der Waals surface area contributed by atoms with Gasteiger partial charge in [0.05, 0.1) is 0 Å². The van der Waals surface area contributed by atoms with Gasteiger partial charge in [0.15, 0.2) is 5.13 Å². The maximum Gasteiger partial charge on any atom is 0.328 e. The van der Waals surface area contributed by atoms with E-state index in [1.165, 1.54) is 23.6 Å². The van der Waals surface area contributed by atoms with Crippen molar-refractivity contribution < 1.29 is 14.7 Å². The third-order valence-corrected chi connectivity index (χ3v) is 3.21. The Bertz CT molecular complexity index is 463. The Labute approximate surface area is 102 Å². The number of aliphatic carboxylic acids is 1. The van der Waals surface area contributed by atoms with Gasteiger partial charge < -0.3 is 10.4 Å². The summed E-state index contributed by atoms with van der Waals surface area (Å²) in [5.74, 6) is -0.477. The van der Waals surface area contributed by atoms with E-state index in [2.05, 4.69) is 10.3 Å². The topological polar surface area (TPSA) is 79.3 Å². The highest BCUT2D eigenvalue weighted by Crippen LogP contribution is 2.32. The van der Waals surface area contributed by atoms with Crippen molar-refractivity contribution in [3.8, 4) is 0 Å². The first-order valence-corrected chi connectivity index (χ1v) is 6.12. The third kappa shape index (κ3) is 3.99.